The van der Waals surface area contributed by atoms with Crippen LogP contribution in [0.4, 0.5) is 0 Å². The Bertz CT molecular complexity index is 607. The summed E-state index contributed by atoms with van der Waals surface area (Å²) in [7, 11) is 0. The van der Waals surface area contributed by atoms with E-state index in [-0.39, 0.29) is 9.63 Å². The first-order valence-electron chi connectivity index (χ1n) is 6.17. The molecule has 0 unspecified atom stereocenters. The van der Waals surface area contributed by atoms with Crippen molar-refractivity contribution in [3.05, 3.63) is 38.9 Å². The van der Waals surface area contributed by atoms with Crippen molar-refractivity contribution >= 4 is 35.8 Å². The third-order valence-electron chi connectivity index (χ3n) is 2.90. The molecule has 0 fully saturated rings. The van der Waals surface area contributed by atoms with Gasteiger partial charge in [-0.15, -0.1) is 0 Å². The van der Waals surface area contributed by atoms with Crippen molar-refractivity contribution in [3.8, 4) is 0 Å². The van der Waals surface area contributed by atoms with Crippen molar-refractivity contribution in [2.24, 2.45) is 0 Å². The Morgan fingerprint density at radius 2 is 2.00 bits per heavy atom. The molecule has 1 aromatic carbocycles. The van der Waals surface area contributed by atoms with E-state index in [1.54, 1.807) is 29.2 Å². The molecule has 1 aliphatic heterocycles. The van der Waals surface area contributed by atoms with Gasteiger partial charge in [-0.05, 0) is 0 Å². The first-order chi connectivity index (χ1) is 9.63. The van der Waals surface area contributed by atoms with Gasteiger partial charge in [0.15, 0.2) is 0 Å². The molecule has 0 aliphatic carbocycles. The summed E-state index contributed by atoms with van der Waals surface area (Å²) in [6.45, 7) is 4.70. The molecule has 0 bridgehead atoms. The van der Waals surface area contributed by atoms with Crippen LogP contribution in [0.2, 0.25) is 0 Å². The number of fused-ring (bicyclic) bond motifs is 1. The molecular weight excluding hydrogens is 373 g/mol. The third-order valence-corrected chi connectivity index (χ3v) is 7.35. The van der Waals surface area contributed by atoms with Gasteiger partial charge < -0.3 is 0 Å². The molecule has 1 amide bonds. The number of nitrogens with zero attached hydrogens (tertiary/aromatic N) is 3. The zero-order valence-electron chi connectivity index (χ0n) is 11.2. The zero-order chi connectivity index (χ0) is 14.7. The fourth-order valence-electron chi connectivity index (χ4n) is 1.85. The molecule has 20 heavy (non-hydrogen) atoms. The van der Waals surface area contributed by atoms with Crippen LogP contribution < -0.4 is 0 Å². The van der Waals surface area contributed by atoms with E-state index in [2.05, 4.69) is 4.79 Å². The number of carbonyl (C=O) groups excluding carboxylic acids is 2. The predicted octanol–water partition coefficient (Wildman–Crippen LogP) is 1.94. The quantitative estimate of drug-likeness (QED) is 0.343. The summed E-state index contributed by atoms with van der Waals surface area (Å²) in [5.74, 6) is -0.813. The van der Waals surface area contributed by atoms with Crippen molar-refractivity contribution in [2.75, 3.05) is 13.1 Å². The van der Waals surface area contributed by atoms with Crippen LogP contribution in [-0.2, 0) is 7.86 Å². The van der Waals surface area contributed by atoms with Crippen LogP contribution in [0.25, 0.3) is 5.53 Å². The van der Waals surface area contributed by atoms with Crippen LogP contribution in [0.3, 0.4) is 0 Å². The fraction of sp³-hybridized carbons (Fsp3) is 0.308. The van der Waals surface area contributed by atoms with Crippen LogP contribution >= 0.6 is 20.2 Å². The number of benzene rings is 1. The maximum atomic E-state index is 12.3. The molecule has 106 valence electrons. The van der Waals surface area contributed by atoms with E-state index >= 15 is 0 Å². The topological polar surface area (TPSA) is 83.0 Å². The molecule has 0 spiro atoms. The van der Waals surface area contributed by atoms with Gasteiger partial charge in [0.2, 0.25) is 0 Å². The van der Waals surface area contributed by atoms with Gasteiger partial charge in [0.25, 0.3) is 0 Å². The Kier molecular flexibility index (Phi) is 4.51. The summed E-state index contributed by atoms with van der Waals surface area (Å²) in [6.07, 6.45) is 0. The maximum absolute atomic E-state index is 12.3. The van der Waals surface area contributed by atoms with E-state index < -0.39 is 26.2 Å². The molecule has 0 saturated carbocycles. The Morgan fingerprint density at radius 3 is 2.60 bits per heavy atom. The molecule has 0 radical (unpaired) electrons. The summed E-state index contributed by atoms with van der Waals surface area (Å²) in [5.41, 5.74) is 9.66. The standard InChI is InChI=1S/C13H14IN3O3/c1-3-17(4-2)12(18)11(16-15)14-10-8-6-5-7-9(10)13(19)20-14/h5-8H,3-4H2,1-2H3. The number of hydrogen-bond donors (Lipinski definition) is 0. The summed E-state index contributed by atoms with van der Waals surface area (Å²) < 4.78 is 6.01. The normalized spacial score (nSPS) is 14.3. The first-order valence-corrected chi connectivity index (χ1v) is 9.20. The van der Waals surface area contributed by atoms with Crippen molar-refractivity contribution in [2.45, 2.75) is 13.8 Å². The monoisotopic (exact) mass is 387 g/mol. The van der Waals surface area contributed by atoms with Crippen molar-refractivity contribution in [1.29, 1.82) is 0 Å². The van der Waals surface area contributed by atoms with E-state index in [4.69, 9.17) is 3.07 Å². The van der Waals surface area contributed by atoms with Crippen molar-refractivity contribution in [3.63, 3.8) is 0 Å². The second kappa shape index (κ2) is 6.15. The van der Waals surface area contributed by atoms with Crippen LogP contribution in [-0.4, -0.2) is 38.4 Å². The predicted molar refractivity (Wildman–Crippen MR) is 81.1 cm³/mol. The molecule has 6 nitrogen and oxygen atoms in total. The van der Waals surface area contributed by atoms with E-state index in [0.717, 1.165) is 0 Å². The van der Waals surface area contributed by atoms with Crippen molar-refractivity contribution < 1.29 is 17.4 Å². The first kappa shape index (κ1) is 14.7. The van der Waals surface area contributed by atoms with Gasteiger partial charge in [0, 0.05) is 0 Å². The van der Waals surface area contributed by atoms with Gasteiger partial charge in [-0.3, -0.25) is 0 Å². The van der Waals surface area contributed by atoms with Gasteiger partial charge in [0.05, 0.1) is 0 Å². The van der Waals surface area contributed by atoms with Crippen molar-refractivity contribution in [1.82, 2.24) is 4.90 Å². The second-order valence-electron chi connectivity index (χ2n) is 3.96. The fourth-order valence-corrected chi connectivity index (χ4v) is 5.91. The molecule has 1 aliphatic rings. The van der Waals surface area contributed by atoms with Gasteiger partial charge in [0.1, 0.15) is 0 Å². The molecule has 0 aromatic heterocycles. The van der Waals surface area contributed by atoms with Gasteiger partial charge >= 0.3 is 124 Å². The van der Waals surface area contributed by atoms with Gasteiger partial charge in [-0.2, -0.15) is 0 Å². The molecule has 0 atom stereocenters. The molecule has 1 heterocycles. The molecule has 0 N–H and O–H groups in total. The van der Waals surface area contributed by atoms with E-state index in [9.17, 15) is 15.1 Å². The van der Waals surface area contributed by atoms with E-state index in [0.29, 0.717) is 22.2 Å². The molecule has 7 heteroatoms. The number of carbonyl (C=O) groups is 2. The number of halogens is 1. The average molecular weight is 387 g/mol. The summed E-state index contributed by atoms with van der Waals surface area (Å²) in [4.78, 5) is 28.8. The minimum atomic E-state index is -2.74. The molecule has 2 rings (SSSR count). The second-order valence-corrected chi connectivity index (χ2v) is 8.01. The molecule has 0 saturated heterocycles. The van der Waals surface area contributed by atoms with Gasteiger partial charge in [-0.1, -0.05) is 0 Å². The SMILES string of the molecule is CCN(CC)C(=O)C(=[N+]=[N-])I1OC(=O)c2ccccc21. The molecule has 1 aromatic rings. The summed E-state index contributed by atoms with van der Waals surface area (Å²) in [5, 5.41) is 0. The number of rotatable bonds is 4. The molecular formula is C13H14IN3O3. The minimum absolute atomic E-state index is 0.0174. The van der Waals surface area contributed by atoms with Gasteiger partial charge in [-0.25, -0.2) is 0 Å². The van der Waals surface area contributed by atoms with Crippen LogP contribution in [0.5, 0.6) is 0 Å². The Hall–Kier alpha value is -1.73. The third kappa shape index (κ3) is 2.46. The average Bonchev–Trinajstić information content (AvgIpc) is 2.79. The number of hydrogen-bond acceptors (Lipinski definition) is 3. The van der Waals surface area contributed by atoms with E-state index in [1.165, 1.54) is 0 Å². The Morgan fingerprint density at radius 1 is 1.35 bits per heavy atom. The zero-order valence-corrected chi connectivity index (χ0v) is 13.3. The Labute approximate surface area is 124 Å². The number of amides is 1. The summed E-state index contributed by atoms with van der Waals surface area (Å²) >= 11 is -2.74. The van der Waals surface area contributed by atoms with Crippen LogP contribution in [0.1, 0.15) is 24.2 Å². The van der Waals surface area contributed by atoms with Crippen LogP contribution in [0.15, 0.2) is 24.3 Å². The Balaban J connectivity index is 2.39. The van der Waals surface area contributed by atoms with Crippen LogP contribution in [0, 0.1) is 3.57 Å². The summed E-state index contributed by atoms with van der Waals surface area (Å²) in [6, 6.07) is 6.93. The van der Waals surface area contributed by atoms with E-state index in [1.807, 2.05) is 13.8 Å².